The van der Waals surface area contributed by atoms with E-state index in [9.17, 15) is 28.1 Å². The molecule has 2 aromatic rings. The van der Waals surface area contributed by atoms with E-state index in [2.05, 4.69) is 5.32 Å². The van der Waals surface area contributed by atoms with Crippen LogP contribution in [0, 0.1) is 10.1 Å². The topological polar surface area (TPSA) is 158 Å². The Hall–Kier alpha value is -3.45. The molecule has 0 aliphatic carbocycles. The van der Waals surface area contributed by atoms with Crippen molar-refractivity contribution < 1.29 is 36.3 Å². The second-order valence-corrected chi connectivity index (χ2v) is 6.96. The average Bonchev–Trinajstić information content (AvgIpc) is 3.36. The largest absolute Gasteiger partial charge is 0.449 e. The number of non-ortho nitro benzene ring substituents is 1. The van der Waals surface area contributed by atoms with Crippen LogP contribution in [0.5, 0.6) is 0 Å². The van der Waals surface area contributed by atoms with Crippen LogP contribution in [-0.4, -0.2) is 48.9 Å². The Morgan fingerprint density at radius 3 is 2.60 bits per heavy atom. The van der Waals surface area contributed by atoms with Gasteiger partial charge in [0.05, 0.1) is 23.8 Å². The highest BCUT2D eigenvalue weighted by atomic mass is 32.2. The number of ether oxygens (including phenoxy) is 1. The van der Waals surface area contributed by atoms with Crippen molar-refractivity contribution in [2.24, 2.45) is 0 Å². The van der Waals surface area contributed by atoms with Gasteiger partial charge in [0.1, 0.15) is 12.6 Å². The molecule has 1 saturated heterocycles. The van der Waals surface area contributed by atoms with Crippen LogP contribution >= 0.6 is 0 Å². The Morgan fingerprint density at radius 2 is 2.00 bits per heavy atom. The van der Waals surface area contributed by atoms with Crippen LogP contribution in [0.15, 0.2) is 47.1 Å². The zero-order valence-electron chi connectivity index (χ0n) is 15.3. The summed E-state index contributed by atoms with van der Waals surface area (Å²) >= 11 is 0. The van der Waals surface area contributed by atoms with Crippen molar-refractivity contribution in [2.75, 3.05) is 11.9 Å². The lowest BCUT2D eigenvalue weighted by atomic mass is 10.2. The summed E-state index contributed by atoms with van der Waals surface area (Å²) in [4.78, 5) is 36.3. The molecule has 1 aliphatic rings. The van der Waals surface area contributed by atoms with Crippen LogP contribution < -0.4 is 5.32 Å². The molecule has 12 nitrogen and oxygen atoms in total. The van der Waals surface area contributed by atoms with Crippen LogP contribution in [0.4, 0.5) is 16.4 Å². The first-order valence-electron chi connectivity index (χ1n) is 8.65. The lowest BCUT2D eigenvalue weighted by Gasteiger charge is -2.22. The van der Waals surface area contributed by atoms with E-state index in [0.29, 0.717) is 5.56 Å². The molecule has 2 atom stereocenters. The smallest absolute Gasteiger partial charge is 0.410 e. The molecule has 30 heavy (non-hydrogen) atoms. The predicted molar refractivity (Wildman–Crippen MR) is 101 cm³/mol. The van der Waals surface area contributed by atoms with E-state index in [-0.39, 0.29) is 31.1 Å². The van der Waals surface area contributed by atoms with Crippen molar-refractivity contribution in [2.45, 2.75) is 25.2 Å². The van der Waals surface area contributed by atoms with Crippen LogP contribution in [0.1, 0.15) is 12.0 Å². The van der Waals surface area contributed by atoms with Gasteiger partial charge >= 0.3 is 6.09 Å². The normalized spacial score (nSPS) is 18.4. The maximum Gasteiger partial charge on any atom is 0.410 e. The molecule has 1 fully saturated rings. The van der Waals surface area contributed by atoms with E-state index < -0.39 is 40.1 Å². The van der Waals surface area contributed by atoms with E-state index in [1.165, 1.54) is 36.6 Å². The third kappa shape index (κ3) is 5.33. The molecule has 3 rings (SSSR count). The van der Waals surface area contributed by atoms with Crippen LogP contribution in [0.2, 0.25) is 0 Å². The summed E-state index contributed by atoms with van der Waals surface area (Å²) in [7, 11) is -3.17. The summed E-state index contributed by atoms with van der Waals surface area (Å²) in [6.45, 7) is -0.361. The van der Waals surface area contributed by atoms with E-state index in [1.54, 1.807) is 6.07 Å². The number of hydrogen-bond donors (Lipinski definition) is 2. The minimum atomic E-state index is -3.17. The van der Waals surface area contributed by atoms with Crippen molar-refractivity contribution in [1.29, 1.82) is 0 Å². The first-order valence-corrected chi connectivity index (χ1v) is 9.75. The number of rotatable bonds is 7. The van der Waals surface area contributed by atoms with E-state index in [1.807, 2.05) is 0 Å². The summed E-state index contributed by atoms with van der Waals surface area (Å²) < 4.78 is 36.7. The number of furan rings is 1. The molecular formula is C17H17N3O9S. The minimum absolute atomic E-state index is 0.0531. The number of nitrogens with zero attached hydrogens (tertiary/aromatic N) is 2. The van der Waals surface area contributed by atoms with Gasteiger partial charge in [-0.25, -0.2) is 13.2 Å². The highest BCUT2D eigenvalue weighted by Crippen LogP contribution is 2.24. The van der Waals surface area contributed by atoms with Crippen molar-refractivity contribution in [3.05, 3.63) is 58.3 Å². The Kier molecular flexibility index (Phi) is 6.64. The van der Waals surface area contributed by atoms with Gasteiger partial charge in [0, 0.05) is 24.6 Å². The van der Waals surface area contributed by atoms with Crippen molar-refractivity contribution in [3.8, 4) is 0 Å². The summed E-state index contributed by atoms with van der Waals surface area (Å²) in [6, 6.07) is 7.44. The van der Waals surface area contributed by atoms with E-state index in [0.717, 1.165) is 4.90 Å². The van der Waals surface area contributed by atoms with Gasteiger partial charge in [-0.3, -0.25) is 29.3 Å². The predicted octanol–water partition coefficient (Wildman–Crippen LogP) is 1.45. The Labute approximate surface area is 171 Å². The van der Waals surface area contributed by atoms with Gasteiger partial charge in [-0.1, -0.05) is 0 Å². The maximum absolute atomic E-state index is 12.5. The van der Waals surface area contributed by atoms with Crippen molar-refractivity contribution in [3.63, 3.8) is 0 Å². The number of thiol groups is 1. The summed E-state index contributed by atoms with van der Waals surface area (Å²) in [5.41, 5.74) is 0.395. The number of nitrogens with one attached hydrogen (secondary N) is 1. The average molecular weight is 439 g/mol. The molecule has 1 aromatic heterocycles. The number of nitro groups is 1. The summed E-state index contributed by atoms with van der Waals surface area (Å²) in [5.74, 6) is -0.428. The van der Waals surface area contributed by atoms with Gasteiger partial charge in [0.2, 0.25) is 5.91 Å². The molecule has 2 amide bonds. The fraction of sp³-hybridized carbons (Fsp3) is 0.294. The molecular weight excluding hydrogens is 422 g/mol. The lowest BCUT2D eigenvalue weighted by molar-refractivity contribution is -0.384. The molecule has 0 bridgehead atoms. The number of anilines is 1. The molecule has 0 saturated carbocycles. The SMILES string of the molecule is O=C(Nc1ccco1)[C@@H]1C[C@@H](O[SH](=O)=O)CN1C(=O)OCc1ccc([N+](=O)[O-])cc1. The van der Waals surface area contributed by atoms with Gasteiger partial charge in [0.15, 0.2) is 5.88 Å². The van der Waals surface area contributed by atoms with Gasteiger partial charge in [-0.05, 0) is 23.8 Å². The molecule has 2 heterocycles. The zero-order valence-corrected chi connectivity index (χ0v) is 16.2. The molecule has 1 N–H and O–H groups in total. The molecule has 0 radical (unpaired) electrons. The molecule has 1 aromatic carbocycles. The van der Waals surface area contributed by atoms with Gasteiger partial charge in [-0.15, -0.1) is 0 Å². The summed E-state index contributed by atoms with van der Waals surface area (Å²) in [6.07, 6.45) is -0.456. The highest BCUT2D eigenvalue weighted by Gasteiger charge is 2.42. The minimum Gasteiger partial charge on any atom is -0.449 e. The number of carbonyl (C=O) groups is 2. The van der Waals surface area contributed by atoms with Crippen LogP contribution in [0.25, 0.3) is 0 Å². The second kappa shape index (κ2) is 9.37. The first kappa shape index (κ1) is 21.3. The number of carbonyl (C=O) groups excluding carboxylic acids is 2. The Bertz CT molecular complexity index is 980. The molecule has 0 unspecified atom stereocenters. The fourth-order valence-electron chi connectivity index (χ4n) is 2.94. The van der Waals surface area contributed by atoms with Gasteiger partial charge in [-0.2, -0.15) is 0 Å². The fourth-order valence-corrected chi connectivity index (χ4v) is 3.34. The second-order valence-electron chi connectivity index (χ2n) is 6.30. The van der Waals surface area contributed by atoms with Crippen molar-refractivity contribution in [1.82, 2.24) is 4.90 Å². The highest BCUT2D eigenvalue weighted by molar-refractivity contribution is 7.67. The number of hydrogen-bond acceptors (Lipinski definition) is 9. The molecule has 0 spiro atoms. The monoisotopic (exact) mass is 439 g/mol. The quantitative estimate of drug-likeness (QED) is 0.370. The number of benzene rings is 1. The molecule has 13 heteroatoms. The van der Waals surface area contributed by atoms with E-state index in [4.69, 9.17) is 13.3 Å². The number of nitro benzene ring substituents is 1. The van der Waals surface area contributed by atoms with Crippen molar-refractivity contribution >= 4 is 34.6 Å². The van der Waals surface area contributed by atoms with Crippen LogP contribution in [-0.2, 0) is 31.3 Å². The number of likely N-dealkylation sites (tertiary alicyclic amines) is 1. The maximum atomic E-state index is 12.5. The lowest BCUT2D eigenvalue weighted by Crippen LogP contribution is -2.43. The molecule has 1 aliphatic heterocycles. The summed E-state index contributed by atoms with van der Waals surface area (Å²) in [5, 5.41) is 13.2. The molecule has 160 valence electrons. The third-order valence-electron chi connectivity index (χ3n) is 4.31. The standard InChI is InChI=1S/C17H17N3O9S/c21-16(18-15-2-1-7-27-15)14-8-13(29-30(25)26)9-19(14)17(22)28-10-11-3-5-12(6-4-11)20(23)24/h1-7,13-14,30H,8-10H2,(H,18,21)/t13-,14+/m1/s1. The Morgan fingerprint density at radius 1 is 1.27 bits per heavy atom. The number of amides is 2. The third-order valence-corrected chi connectivity index (χ3v) is 4.78. The van der Waals surface area contributed by atoms with Crippen LogP contribution in [0.3, 0.4) is 0 Å². The Balaban J connectivity index is 1.66. The zero-order chi connectivity index (χ0) is 21.7. The van der Waals surface area contributed by atoms with Gasteiger partial charge < -0.3 is 9.15 Å². The van der Waals surface area contributed by atoms with Gasteiger partial charge in [0.25, 0.3) is 16.7 Å². The van der Waals surface area contributed by atoms with E-state index >= 15 is 0 Å². The first-order chi connectivity index (χ1) is 14.3.